The first kappa shape index (κ1) is 18.9. The number of aryl methyl sites for hydroxylation is 3. The van der Waals surface area contributed by atoms with E-state index in [1.165, 1.54) is 18.2 Å². The third-order valence-electron chi connectivity index (χ3n) is 4.98. The largest absolute Gasteiger partial charge is 0.495 e. The first-order valence-electron chi connectivity index (χ1n) is 9.25. The standard InChI is InChI=1S/C21H27NO3S/c1-16(12-13-17-8-4-3-5-9-17)22-26(23,24)21-15-19-11-7-6-10-18(19)14-20(21)25-2/h3-5,8-9,14-16,22H,6-7,10-13H2,1-2H3/t16-/m0/s1. The molecular weight excluding hydrogens is 346 g/mol. The zero-order valence-electron chi connectivity index (χ0n) is 15.5. The van der Waals surface area contributed by atoms with Crippen LogP contribution in [0, 0.1) is 0 Å². The highest BCUT2D eigenvalue weighted by molar-refractivity contribution is 7.89. The zero-order valence-corrected chi connectivity index (χ0v) is 16.3. The molecule has 140 valence electrons. The van der Waals surface area contributed by atoms with E-state index in [2.05, 4.69) is 16.9 Å². The predicted octanol–water partition coefficient (Wildman–Crippen LogP) is 3.87. The van der Waals surface area contributed by atoms with Gasteiger partial charge in [-0.2, -0.15) is 0 Å². The SMILES string of the molecule is COc1cc2c(cc1S(=O)(=O)N[C@@H](C)CCc1ccccc1)CCCC2. The normalized spacial score (nSPS) is 15.3. The molecule has 5 heteroatoms. The van der Waals surface area contributed by atoms with Crippen LogP contribution in [0.4, 0.5) is 0 Å². The van der Waals surface area contributed by atoms with Crippen LogP contribution in [0.2, 0.25) is 0 Å². The van der Waals surface area contributed by atoms with Gasteiger partial charge in [-0.25, -0.2) is 13.1 Å². The molecule has 0 unspecified atom stereocenters. The average molecular weight is 374 g/mol. The summed E-state index contributed by atoms with van der Waals surface area (Å²) in [5.41, 5.74) is 3.56. The maximum atomic E-state index is 12.9. The number of benzene rings is 2. The lowest BCUT2D eigenvalue weighted by Crippen LogP contribution is -2.33. The van der Waals surface area contributed by atoms with Crippen LogP contribution in [-0.4, -0.2) is 21.6 Å². The topological polar surface area (TPSA) is 55.4 Å². The Morgan fingerprint density at radius 3 is 2.38 bits per heavy atom. The number of sulfonamides is 1. The highest BCUT2D eigenvalue weighted by atomic mass is 32.2. The molecule has 0 saturated heterocycles. The molecule has 4 nitrogen and oxygen atoms in total. The average Bonchev–Trinajstić information content (AvgIpc) is 2.65. The van der Waals surface area contributed by atoms with Gasteiger partial charge in [0.1, 0.15) is 10.6 Å². The number of hydrogen-bond donors (Lipinski definition) is 1. The summed E-state index contributed by atoms with van der Waals surface area (Å²) in [6.07, 6.45) is 5.78. The monoisotopic (exact) mass is 373 g/mol. The number of fused-ring (bicyclic) bond motifs is 1. The molecule has 1 aliphatic carbocycles. The van der Waals surface area contributed by atoms with Crippen LogP contribution in [0.1, 0.15) is 42.9 Å². The Balaban J connectivity index is 1.74. The molecule has 1 atom stereocenters. The Morgan fingerprint density at radius 2 is 1.73 bits per heavy atom. The summed E-state index contributed by atoms with van der Waals surface area (Å²) in [7, 11) is -2.08. The fourth-order valence-corrected chi connectivity index (χ4v) is 5.00. The van der Waals surface area contributed by atoms with Crippen molar-refractivity contribution >= 4 is 10.0 Å². The minimum Gasteiger partial charge on any atom is -0.495 e. The van der Waals surface area contributed by atoms with Gasteiger partial charge in [0.15, 0.2) is 0 Å². The van der Waals surface area contributed by atoms with Crippen molar-refractivity contribution in [3.63, 3.8) is 0 Å². The second-order valence-electron chi connectivity index (χ2n) is 7.03. The van der Waals surface area contributed by atoms with Crippen molar-refractivity contribution in [2.24, 2.45) is 0 Å². The van der Waals surface area contributed by atoms with E-state index in [0.717, 1.165) is 44.1 Å². The van der Waals surface area contributed by atoms with Crippen LogP contribution in [0.15, 0.2) is 47.4 Å². The van der Waals surface area contributed by atoms with E-state index in [9.17, 15) is 8.42 Å². The molecule has 0 aliphatic heterocycles. The molecular formula is C21H27NO3S. The van der Waals surface area contributed by atoms with Gasteiger partial charge in [0.2, 0.25) is 10.0 Å². The summed E-state index contributed by atoms with van der Waals surface area (Å²) >= 11 is 0. The first-order valence-corrected chi connectivity index (χ1v) is 10.7. The van der Waals surface area contributed by atoms with Crippen molar-refractivity contribution < 1.29 is 13.2 Å². The van der Waals surface area contributed by atoms with Crippen LogP contribution in [0.5, 0.6) is 5.75 Å². The molecule has 0 spiro atoms. The second kappa shape index (κ2) is 8.23. The third kappa shape index (κ3) is 4.46. The number of ether oxygens (including phenoxy) is 1. The van der Waals surface area contributed by atoms with Gasteiger partial charge in [-0.3, -0.25) is 0 Å². The van der Waals surface area contributed by atoms with E-state index in [1.807, 2.05) is 31.2 Å². The van der Waals surface area contributed by atoms with Crippen molar-refractivity contribution in [2.45, 2.75) is 56.4 Å². The van der Waals surface area contributed by atoms with Gasteiger partial charge in [0.25, 0.3) is 0 Å². The van der Waals surface area contributed by atoms with Crippen molar-refractivity contribution in [1.29, 1.82) is 0 Å². The van der Waals surface area contributed by atoms with E-state index >= 15 is 0 Å². The van der Waals surface area contributed by atoms with Crippen LogP contribution >= 0.6 is 0 Å². The Bertz CT molecular complexity index is 847. The van der Waals surface area contributed by atoms with Gasteiger partial charge in [-0.05, 0) is 74.3 Å². The van der Waals surface area contributed by atoms with Gasteiger partial charge in [0, 0.05) is 6.04 Å². The summed E-state index contributed by atoms with van der Waals surface area (Å²) in [6, 6.07) is 13.7. The van der Waals surface area contributed by atoms with Crippen LogP contribution in [0.3, 0.4) is 0 Å². The Kier molecular flexibility index (Phi) is 5.99. The van der Waals surface area contributed by atoms with E-state index in [1.54, 1.807) is 6.07 Å². The molecule has 0 amide bonds. The van der Waals surface area contributed by atoms with Crippen LogP contribution in [-0.2, 0) is 29.3 Å². The number of rotatable bonds is 7. The van der Waals surface area contributed by atoms with E-state index in [-0.39, 0.29) is 10.9 Å². The van der Waals surface area contributed by atoms with Crippen LogP contribution < -0.4 is 9.46 Å². The lowest BCUT2D eigenvalue weighted by atomic mass is 9.92. The van der Waals surface area contributed by atoms with Gasteiger partial charge >= 0.3 is 0 Å². The number of methoxy groups -OCH3 is 1. The summed E-state index contributed by atoms with van der Waals surface area (Å²) in [6.45, 7) is 1.91. The van der Waals surface area contributed by atoms with Gasteiger partial charge in [-0.1, -0.05) is 30.3 Å². The Morgan fingerprint density at radius 1 is 1.08 bits per heavy atom. The number of hydrogen-bond acceptors (Lipinski definition) is 3. The molecule has 3 rings (SSSR count). The fourth-order valence-electron chi connectivity index (χ4n) is 3.53. The summed E-state index contributed by atoms with van der Waals surface area (Å²) in [4.78, 5) is 0.257. The molecule has 1 aliphatic rings. The van der Waals surface area contributed by atoms with Crippen molar-refractivity contribution in [1.82, 2.24) is 4.72 Å². The lowest BCUT2D eigenvalue weighted by molar-refractivity contribution is 0.400. The number of nitrogens with one attached hydrogen (secondary N) is 1. The Hall–Kier alpha value is -1.85. The van der Waals surface area contributed by atoms with Gasteiger partial charge < -0.3 is 4.74 Å². The third-order valence-corrected chi connectivity index (χ3v) is 6.59. The van der Waals surface area contributed by atoms with Crippen molar-refractivity contribution in [3.05, 3.63) is 59.2 Å². The zero-order chi connectivity index (χ0) is 18.6. The minimum absolute atomic E-state index is 0.152. The van der Waals surface area contributed by atoms with Gasteiger partial charge in [-0.15, -0.1) is 0 Å². The lowest BCUT2D eigenvalue weighted by Gasteiger charge is -2.21. The van der Waals surface area contributed by atoms with E-state index < -0.39 is 10.0 Å². The molecule has 2 aromatic rings. The van der Waals surface area contributed by atoms with E-state index in [0.29, 0.717) is 5.75 Å². The molecule has 1 N–H and O–H groups in total. The molecule has 2 aromatic carbocycles. The molecule has 0 fully saturated rings. The van der Waals surface area contributed by atoms with Gasteiger partial charge in [0.05, 0.1) is 7.11 Å². The quantitative estimate of drug-likeness (QED) is 0.801. The molecule has 0 radical (unpaired) electrons. The van der Waals surface area contributed by atoms with E-state index in [4.69, 9.17) is 4.74 Å². The molecule has 26 heavy (non-hydrogen) atoms. The molecule has 0 aromatic heterocycles. The predicted molar refractivity (Wildman–Crippen MR) is 104 cm³/mol. The molecule has 0 bridgehead atoms. The second-order valence-corrected chi connectivity index (χ2v) is 8.71. The summed E-state index contributed by atoms with van der Waals surface area (Å²) < 4.78 is 34.1. The van der Waals surface area contributed by atoms with Crippen molar-refractivity contribution in [2.75, 3.05) is 7.11 Å². The van der Waals surface area contributed by atoms with Crippen molar-refractivity contribution in [3.8, 4) is 5.75 Å². The molecule has 0 saturated carbocycles. The summed E-state index contributed by atoms with van der Waals surface area (Å²) in [5, 5.41) is 0. The summed E-state index contributed by atoms with van der Waals surface area (Å²) in [5.74, 6) is 0.438. The maximum Gasteiger partial charge on any atom is 0.244 e. The smallest absolute Gasteiger partial charge is 0.244 e. The maximum absolute atomic E-state index is 12.9. The van der Waals surface area contributed by atoms with Crippen LogP contribution in [0.25, 0.3) is 0 Å². The Labute approximate surface area is 156 Å². The fraction of sp³-hybridized carbons (Fsp3) is 0.429. The highest BCUT2D eigenvalue weighted by Crippen LogP contribution is 2.32. The molecule has 0 heterocycles. The first-order chi connectivity index (χ1) is 12.5. The highest BCUT2D eigenvalue weighted by Gasteiger charge is 2.24. The minimum atomic E-state index is -3.62.